The smallest absolute Gasteiger partial charge is 0.307 e. The van der Waals surface area contributed by atoms with E-state index in [0.717, 1.165) is 9.75 Å². The number of carboxylic acid groups (broad SMARTS) is 1. The van der Waals surface area contributed by atoms with Crippen LogP contribution in [0.2, 0.25) is 0 Å². The Labute approximate surface area is 102 Å². The van der Waals surface area contributed by atoms with Crippen molar-refractivity contribution >= 4 is 28.6 Å². The van der Waals surface area contributed by atoms with Crippen LogP contribution in [0.1, 0.15) is 9.75 Å². The molecule has 0 atom stereocenters. The minimum absolute atomic E-state index is 0.308. The molecule has 0 aliphatic heterocycles. The maximum atomic E-state index is 11.2. The normalized spacial score (nSPS) is 10.8. The van der Waals surface area contributed by atoms with Gasteiger partial charge < -0.3 is 5.11 Å². The van der Waals surface area contributed by atoms with Crippen molar-refractivity contribution in [2.24, 2.45) is 5.92 Å². The minimum atomic E-state index is -0.707. The van der Waals surface area contributed by atoms with Gasteiger partial charge in [-0.15, -0.1) is 22.7 Å². The zero-order chi connectivity index (χ0) is 11.4. The topological polar surface area (TPSA) is 37.3 Å². The summed E-state index contributed by atoms with van der Waals surface area (Å²) in [6, 6.07) is 7.91. The van der Waals surface area contributed by atoms with Gasteiger partial charge in [0.2, 0.25) is 0 Å². The Balaban J connectivity index is 2.03. The molecule has 0 amide bonds. The fourth-order valence-electron chi connectivity index (χ4n) is 1.59. The molecule has 0 saturated carbocycles. The summed E-state index contributed by atoms with van der Waals surface area (Å²) >= 11 is 3.24. The van der Waals surface area contributed by atoms with Gasteiger partial charge in [0, 0.05) is 9.75 Å². The van der Waals surface area contributed by atoms with Gasteiger partial charge in [0.25, 0.3) is 0 Å². The summed E-state index contributed by atoms with van der Waals surface area (Å²) in [7, 11) is 0. The van der Waals surface area contributed by atoms with Crippen LogP contribution in [0.5, 0.6) is 0 Å². The Morgan fingerprint density at radius 3 is 1.94 bits per heavy atom. The van der Waals surface area contributed by atoms with Crippen LogP contribution < -0.4 is 0 Å². The molecule has 2 aromatic rings. The molecule has 0 fully saturated rings. The summed E-state index contributed by atoms with van der Waals surface area (Å²) in [6.07, 6.45) is 1.26. The monoisotopic (exact) mass is 252 g/mol. The Hall–Kier alpha value is -1.13. The molecule has 2 heterocycles. The summed E-state index contributed by atoms with van der Waals surface area (Å²) < 4.78 is 0. The van der Waals surface area contributed by atoms with E-state index in [9.17, 15) is 9.90 Å². The van der Waals surface area contributed by atoms with Crippen LogP contribution in [0.3, 0.4) is 0 Å². The quantitative estimate of drug-likeness (QED) is 0.886. The van der Waals surface area contributed by atoms with Gasteiger partial charge in [-0.3, -0.25) is 4.79 Å². The van der Waals surface area contributed by atoms with E-state index in [1.54, 1.807) is 22.7 Å². The first kappa shape index (κ1) is 11.4. The van der Waals surface area contributed by atoms with Crippen molar-refractivity contribution in [1.82, 2.24) is 0 Å². The van der Waals surface area contributed by atoms with E-state index in [0.29, 0.717) is 12.8 Å². The van der Waals surface area contributed by atoms with Crippen molar-refractivity contribution in [2.45, 2.75) is 12.8 Å². The maximum absolute atomic E-state index is 11.2. The molecule has 0 aliphatic carbocycles. The molecule has 0 aliphatic rings. The Bertz CT molecular complexity index is 395. The number of thiophene rings is 2. The second-order valence-electron chi connectivity index (χ2n) is 3.60. The summed E-state index contributed by atoms with van der Waals surface area (Å²) in [5, 5.41) is 13.2. The lowest BCUT2D eigenvalue weighted by atomic mass is 10.00. The van der Waals surface area contributed by atoms with Crippen LogP contribution >= 0.6 is 22.7 Å². The second-order valence-corrected chi connectivity index (χ2v) is 5.67. The molecule has 0 saturated heterocycles. The van der Waals surface area contributed by atoms with Crippen molar-refractivity contribution in [2.75, 3.05) is 0 Å². The lowest BCUT2D eigenvalue weighted by Crippen LogP contribution is -2.18. The number of hydrogen-bond donors (Lipinski definition) is 1. The van der Waals surface area contributed by atoms with Crippen LogP contribution in [-0.4, -0.2) is 11.1 Å². The third-order valence-corrected chi connectivity index (χ3v) is 4.20. The third kappa shape index (κ3) is 2.93. The van der Waals surface area contributed by atoms with Gasteiger partial charge in [-0.2, -0.15) is 0 Å². The summed E-state index contributed by atoms with van der Waals surface area (Å²) in [5.74, 6) is -1.01. The van der Waals surface area contributed by atoms with Crippen molar-refractivity contribution in [3.8, 4) is 0 Å². The zero-order valence-electron chi connectivity index (χ0n) is 8.63. The zero-order valence-corrected chi connectivity index (χ0v) is 10.3. The van der Waals surface area contributed by atoms with E-state index >= 15 is 0 Å². The van der Waals surface area contributed by atoms with Gasteiger partial charge in [0.05, 0.1) is 5.92 Å². The first-order chi connectivity index (χ1) is 7.75. The fraction of sp³-hybridized carbons (Fsp3) is 0.250. The van der Waals surface area contributed by atoms with E-state index in [2.05, 4.69) is 0 Å². The summed E-state index contributed by atoms with van der Waals surface area (Å²) in [5.41, 5.74) is 0. The molecule has 0 radical (unpaired) electrons. The number of rotatable bonds is 5. The Kier molecular flexibility index (Phi) is 3.74. The SMILES string of the molecule is O=C(O)C(Cc1cccs1)Cc1cccs1. The van der Waals surface area contributed by atoms with Crippen molar-refractivity contribution in [1.29, 1.82) is 0 Å². The number of aliphatic carboxylic acids is 1. The van der Waals surface area contributed by atoms with E-state index in [4.69, 9.17) is 0 Å². The van der Waals surface area contributed by atoms with E-state index in [1.807, 2.05) is 35.0 Å². The lowest BCUT2D eigenvalue weighted by molar-refractivity contribution is -0.141. The fourth-order valence-corrected chi connectivity index (χ4v) is 3.16. The molecule has 84 valence electrons. The molecule has 2 rings (SSSR count). The molecular formula is C12H12O2S2. The van der Waals surface area contributed by atoms with Crippen LogP contribution in [-0.2, 0) is 17.6 Å². The summed E-state index contributed by atoms with van der Waals surface area (Å²) in [4.78, 5) is 13.4. The van der Waals surface area contributed by atoms with E-state index < -0.39 is 5.97 Å². The number of carbonyl (C=O) groups is 1. The third-order valence-electron chi connectivity index (χ3n) is 2.40. The van der Waals surface area contributed by atoms with Gasteiger partial charge in [0.15, 0.2) is 0 Å². The first-order valence-electron chi connectivity index (χ1n) is 5.03. The molecule has 0 unspecified atom stereocenters. The molecule has 4 heteroatoms. The largest absolute Gasteiger partial charge is 0.481 e. The van der Waals surface area contributed by atoms with Crippen LogP contribution in [0.25, 0.3) is 0 Å². The average Bonchev–Trinajstić information content (AvgIpc) is 2.88. The molecule has 16 heavy (non-hydrogen) atoms. The highest BCUT2D eigenvalue weighted by atomic mass is 32.1. The van der Waals surface area contributed by atoms with Gasteiger partial charge in [0.1, 0.15) is 0 Å². The highest BCUT2D eigenvalue weighted by molar-refractivity contribution is 7.10. The van der Waals surface area contributed by atoms with Crippen LogP contribution in [0, 0.1) is 5.92 Å². The standard InChI is InChI=1S/C12H12O2S2/c13-12(14)9(7-10-3-1-5-15-10)8-11-4-2-6-16-11/h1-6,9H,7-8H2,(H,13,14). The predicted octanol–water partition coefficient (Wildman–Crippen LogP) is 3.30. The predicted molar refractivity (Wildman–Crippen MR) is 67.2 cm³/mol. The van der Waals surface area contributed by atoms with Gasteiger partial charge in [-0.1, -0.05) is 12.1 Å². The van der Waals surface area contributed by atoms with E-state index in [-0.39, 0.29) is 5.92 Å². The van der Waals surface area contributed by atoms with Gasteiger partial charge in [-0.25, -0.2) is 0 Å². The van der Waals surface area contributed by atoms with Crippen molar-refractivity contribution in [3.05, 3.63) is 44.8 Å². The molecule has 1 N–H and O–H groups in total. The summed E-state index contributed by atoms with van der Waals surface area (Å²) in [6.45, 7) is 0. The molecule has 0 aromatic carbocycles. The average molecular weight is 252 g/mol. The lowest BCUT2D eigenvalue weighted by Gasteiger charge is -2.09. The molecule has 2 aromatic heterocycles. The number of carboxylic acids is 1. The molecular weight excluding hydrogens is 240 g/mol. The molecule has 2 nitrogen and oxygen atoms in total. The van der Waals surface area contributed by atoms with E-state index in [1.165, 1.54) is 0 Å². The molecule has 0 spiro atoms. The Morgan fingerprint density at radius 1 is 1.12 bits per heavy atom. The molecule has 0 bridgehead atoms. The van der Waals surface area contributed by atoms with Crippen LogP contribution in [0.4, 0.5) is 0 Å². The van der Waals surface area contributed by atoms with Crippen molar-refractivity contribution < 1.29 is 9.90 Å². The number of hydrogen-bond acceptors (Lipinski definition) is 3. The maximum Gasteiger partial charge on any atom is 0.307 e. The van der Waals surface area contributed by atoms with Gasteiger partial charge >= 0.3 is 5.97 Å². The Morgan fingerprint density at radius 2 is 1.62 bits per heavy atom. The van der Waals surface area contributed by atoms with Gasteiger partial charge in [-0.05, 0) is 35.7 Å². The second kappa shape index (κ2) is 5.27. The first-order valence-corrected chi connectivity index (χ1v) is 6.79. The van der Waals surface area contributed by atoms with Crippen molar-refractivity contribution in [3.63, 3.8) is 0 Å². The van der Waals surface area contributed by atoms with Crippen LogP contribution in [0.15, 0.2) is 35.0 Å². The highest BCUT2D eigenvalue weighted by Crippen LogP contribution is 2.20. The minimum Gasteiger partial charge on any atom is -0.481 e. The highest BCUT2D eigenvalue weighted by Gasteiger charge is 2.19.